The standard InChI is InChI=1S/3C7H7.C3H7O.Zr/c3*1-7-5-3-2-4-6-7;1-2-3-4;/h3*2-6H,1H2;2-3H2,1H3;/q;;;-1;+1. The fourth-order valence-corrected chi connectivity index (χ4v) is 14.0. The Hall–Kier alpha value is -1.50. The fraction of sp³-hybridized carbons (Fsp3) is 0.250. The van der Waals surface area contributed by atoms with Crippen molar-refractivity contribution in [3.05, 3.63) is 108 Å². The van der Waals surface area contributed by atoms with Crippen LogP contribution in [0.3, 0.4) is 0 Å². The van der Waals surface area contributed by atoms with Crippen LogP contribution in [0.2, 0.25) is 0 Å². The molecule has 0 aliphatic carbocycles. The van der Waals surface area contributed by atoms with Crippen molar-refractivity contribution in [1.29, 1.82) is 0 Å². The van der Waals surface area contributed by atoms with Gasteiger partial charge in [-0.15, -0.1) is 0 Å². The van der Waals surface area contributed by atoms with Gasteiger partial charge in [-0.25, -0.2) is 0 Å². The first-order valence-corrected chi connectivity index (χ1v) is 15.8. The topological polar surface area (TPSA) is 9.23 Å². The van der Waals surface area contributed by atoms with E-state index >= 15 is 0 Å². The molecule has 0 unspecified atom stereocenters. The van der Waals surface area contributed by atoms with E-state index in [9.17, 15) is 0 Å². The summed E-state index contributed by atoms with van der Waals surface area (Å²) in [7, 11) is 0. The minimum absolute atomic E-state index is 0.878. The summed E-state index contributed by atoms with van der Waals surface area (Å²) in [6, 6.07) is 32.8. The van der Waals surface area contributed by atoms with Gasteiger partial charge in [0.25, 0.3) is 0 Å². The van der Waals surface area contributed by atoms with Crippen molar-refractivity contribution in [1.82, 2.24) is 0 Å². The first-order valence-electron chi connectivity index (χ1n) is 9.55. The van der Waals surface area contributed by atoms with E-state index in [1.54, 1.807) is 0 Å². The van der Waals surface area contributed by atoms with Crippen molar-refractivity contribution in [3.63, 3.8) is 0 Å². The summed E-state index contributed by atoms with van der Waals surface area (Å²) in [5.74, 6) is 0. The molecule has 0 bridgehead atoms. The molecular formula is C24H28OZr. The zero-order valence-electron chi connectivity index (χ0n) is 15.6. The summed E-state index contributed by atoms with van der Waals surface area (Å²) in [5, 5.41) is 0. The molecule has 134 valence electrons. The molecule has 26 heavy (non-hydrogen) atoms. The first kappa shape index (κ1) is 19.3. The molecule has 0 heterocycles. The molecule has 0 atom stereocenters. The van der Waals surface area contributed by atoms with Crippen molar-refractivity contribution in [2.24, 2.45) is 0 Å². The molecule has 0 aromatic heterocycles. The van der Waals surface area contributed by atoms with E-state index in [0.717, 1.165) is 25.4 Å². The zero-order chi connectivity index (χ0) is 18.1. The van der Waals surface area contributed by atoms with Crippen LogP contribution in [0.4, 0.5) is 0 Å². The summed E-state index contributed by atoms with van der Waals surface area (Å²) in [4.78, 5) is 0. The van der Waals surface area contributed by atoms with Crippen LogP contribution in [-0.2, 0) is 35.9 Å². The van der Waals surface area contributed by atoms with E-state index in [-0.39, 0.29) is 0 Å². The number of benzene rings is 3. The van der Waals surface area contributed by atoms with Crippen molar-refractivity contribution >= 4 is 0 Å². The van der Waals surface area contributed by atoms with Gasteiger partial charge in [-0.1, -0.05) is 0 Å². The molecule has 0 fully saturated rings. The molecule has 1 nitrogen and oxygen atoms in total. The van der Waals surface area contributed by atoms with Gasteiger partial charge in [-0.05, 0) is 0 Å². The summed E-state index contributed by atoms with van der Waals surface area (Å²) >= 11 is -2.96. The molecule has 3 aromatic carbocycles. The second-order valence-electron chi connectivity index (χ2n) is 7.02. The van der Waals surface area contributed by atoms with Crippen LogP contribution in [0, 0.1) is 0 Å². The first-order chi connectivity index (χ1) is 12.8. The second kappa shape index (κ2) is 10.00. The van der Waals surface area contributed by atoms with E-state index < -0.39 is 20.7 Å². The molecule has 3 aromatic rings. The predicted molar refractivity (Wildman–Crippen MR) is 107 cm³/mol. The molecule has 0 amide bonds. The Bertz CT molecular complexity index is 655. The Labute approximate surface area is 163 Å². The summed E-state index contributed by atoms with van der Waals surface area (Å²) in [6.07, 6.45) is 1.08. The third-order valence-electron chi connectivity index (χ3n) is 4.72. The average Bonchev–Trinajstić information content (AvgIpc) is 2.69. The molecule has 0 radical (unpaired) electrons. The number of hydrogen-bond donors (Lipinski definition) is 0. The van der Waals surface area contributed by atoms with Gasteiger partial charge in [0.05, 0.1) is 0 Å². The van der Waals surface area contributed by atoms with Crippen molar-refractivity contribution in [3.8, 4) is 0 Å². The Morgan fingerprint density at radius 1 is 0.577 bits per heavy atom. The van der Waals surface area contributed by atoms with Gasteiger partial charge in [-0.3, -0.25) is 0 Å². The van der Waals surface area contributed by atoms with E-state index in [0.29, 0.717) is 0 Å². The number of rotatable bonds is 9. The van der Waals surface area contributed by atoms with Crippen LogP contribution in [0.1, 0.15) is 30.0 Å². The minimum atomic E-state index is -2.96. The maximum absolute atomic E-state index is 6.80. The average molecular weight is 424 g/mol. The van der Waals surface area contributed by atoms with Crippen molar-refractivity contribution in [2.45, 2.75) is 25.7 Å². The van der Waals surface area contributed by atoms with Gasteiger partial charge < -0.3 is 0 Å². The van der Waals surface area contributed by atoms with E-state index in [1.807, 2.05) is 0 Å². The normalized spacial score (nSPS) is 11.4. The van der Waals surface area contributed by atoms with Crippen molar-refractivity contribution in [2.75, 3.05) is 6.61 Å². The summed E-state index contributed by atoms with van der Waals surface area (Å²) in [6.45, 7) is 3.09. The molecule has 0 saturated heterocycles. The Balaban J connectivity index is 1.94. The quantitative estimate of drug-likeness (QED) is 0.405. The van der Waals surface area contributed by atoms with Crippen molar-refractivity contribution < 1.29 is 23.5 Å². The maximum atomic E-state index is 6.80. The fourth-order valence-electron chi connectivity index (χ4n) is 3.56. The second-order valence-corrected chi connectivity index (χ2v) is 16.2. The molecule has 0 aliphatic rings. The van der Waals surface area contributed by atoms with Crippen LogP contribution >= 0.6 is 0 Å². The van der Waals surface area contributed by atoms with Gasteiger partial charge in [-0.2, -0.15) is 0 Å². The summed E-state index contributed by atoms with van der Waals surface area (Å²) < 4.78 is 10.2. The van der Waals surface area contributed by atoms with Crippen LogP contribution in [0.15, 0.2) is 91.0 Å². The van der Waals surface area contributed by atoms with E-state index in [1.165, 1.54) is 16.7 Å². The SMILES string of the molecule is CCC[O][Zr]([CH2]c1ccccc1)([CH2]c1ccccc1)[CH2]c1ccccc1. The third-order valence-corrected chi connectivity index (χ3v) is 14.5. The molecule has 0 saturated carbocycles. The van der Waals surface area contributed by atoms with Crippen LogP contribution in [0.5, 0.6) is 0 Å². The predicted octanol–water partition coefficient (Wildman–Crippen LogP) is 6.08. The molecule has 3 rings (SSSR count). The molecular weight excluding hydrogens is 395 g/mol. The van der Waals surface area contributed by atoms with E-state index in [2.05, 4.69) is 97.9 Å². The molecule has 2 heteroatoms. The van der Waals surface area contributed by atoms with Gasteiger partial charge in [0, 0.05) is 0 Å². The Morgan fingerprint density at radius 2 is 0.923 bits per heavy atom. The van der Waals surface area contributed by atoms with Gasteiger partial charge in [0.15, 0.2) is 0 Å². The zero-order valence-corrected chi connectivity index (χ0v) is 18.1. The van der Waals surface area contributed by atoms with E-state index in [4.69, 9.17) is 2.81 Å². The molecule has 0 aliphatic heterocycles. The van der Waals surface area contributed by atoms with Crippen LogP contribution in [0.25, 0.3) is 0 Å². The van der Waals surface area contributed by atoms with Gasteiger partial charge in [0.2, 0.25) is 0 Å². The number of hydrogen-bond acceptors (Lipinski definition) is 1. The van der Waals surface area contributed by atoms with Crippen LogP contribution < -0.4 is 0 Å². The summed E-state index contributed by atoms with van der Waals surface area (Å²) in [5.41, 5.74) is 4.27. The Kier molecular flexibility index (Phi) is 7.41. The monoisotopic (exact) mass is 422 g/mol. The molecule has 0 spiro atoms. The third kappa shape index (κ3) is 5.76. The Morgan fingerprint density at radius 3 is 1.23 bits per heavy atom. The van der Waals surface area contributed by atoms with Crippen LogP contribution in [-0.4, -0.2) is 6.61 Å². The van der Waals surface area contributed by atoms with Gasteiger partial charge >= 0.3 is 164 Å². The van der Waals surface area contributed by atoms with Gasteiger partial charge in [0.1, 0.15) is 0 Å². The molecule has 0 N–H and O–H groups in total.